The van der Waals surface area contributed by atoms with Gasteiger partial charge in [0.2, 0.25) is 11.5 Å². The van der Waals surface area contributed by atoms with Crippen LogP contribution in [-0.2, 0) is 5.72 Å². The fourth-order valence-corrected chi connectivity index (χ4v) is 1.77. The summed E-state index contributed by atoms with van der Waals surface area (Å²) in [5.74, 6) is -0.551. The molecule has 0 fully saturated rings. The molecule has 1 unspecified atom stereocenters. The van der Waals surface area contributed by atoms with Gasteiger partial charge in [0.25, 0.3) is 0 Å². The summed E-state index contributed by atoms with van der Waals surface area (Å²) < 4.78 is 0. The number of hydrogen-bond acceptors (Lipinski definition) is 3. The van der Waals surface area contributed by atoms with Gasteiger partial charge in [0.05, 0.1) is 0 Å². The normalized spacial score (nSPS) is 13.9. The van der Waals surface area contributed by atoms with Gasteiger partial charge in [-0.1, -0.05) is 54.1 Å². The van der Waals surface area contributed by atoms with Crippen LogP contribution < -0.4 is 5.73 Å². The van der Waals surface area contributed by atoms with Crippen LogP contribution in [0.5, 0.6) is 0 Å². The van der Waals surface area contributed by atoms with E-state index in [0.29, 0.717) is 16.1 Å². The molecule has 3 N–H and O–H groups in total. The number of carbonyl (C=O) groups is 1. The van der Waals surface area contributed by atoms with Gasteiger partial charge in [-0.05, 0) is 12.1 Å². The van der Waals surface area contributed by atoms with Crippen molar-refractivity contribution in [2.75, 3.05) is 0 Å². The Labute approximate surface area is 110 Å². The standard InChI is InChI=1S/C14H12ClNO2/c15-12-8-6-11(7-9-12)14(16,18)13(17)10-4-2-1-3-5-10/h1-9,18H,16H2. The maximum atomic E-state index is 12.1. The number of Topliss-reactive ketones (excluding diaryl/α,β-unsaturated/α-hetero) is 1. The van der Waals surface area contributed by atoms with Crippen LogP contribution in [0.4, 0.5) is 0 Å². The number of aliphatic hydroxyl groups is 1. The molecule has 92 valence electrons. The zero-order valence-electron chi connectivity index (χ0n) is 9.51. The molecular weight excluding hydrogens is 250 g/mol. The highest BCUT2D eigenvalue weighted by Crippen LogP contribution is 2.22. The van der Waals surface area contributed by atoms with Crippen molar-refractivity contribution in [1.82, 2.24) is 0 Å². The second kappa shape index (κ2) is 4.90. The molecule has 18 heavy (non-hydrogen) atoms. The molecule has 2 aromatic carbocycles. The van der Waals surface area contributed by atoms with Crippen molar-refractivity contribution in [3.63, 3.8) is 0 Å². The van der Waals surface area contributed by atoms with Crippen molar-refractivity contribution in [2.45, 2.75) is 5.72 Å². The van der Waals surface area contributed by atoms with Crippen LogP contribution in [0, 0.1) is 0 Å². The number of benzene rings is 2. The Kier molecular flexibility index (Phi) is 3.48. The fourth-order valence-electron chi connectivity index (χ4n) is 1.64. The first kappa shape index (κ1) is 12.8. The Hall–Kier alpha value is -1.68. The molecule has 1 atom stereocenters. The maximum absolute atomic E-state index is 12.1. The van der Waals surface area contributed by atoms with Gasteiger partial charge < -0.3 is 5.11 Å². The van der Waals surface area contributed by atoms with Crippen LogP contribution in [0.25, 0.3) is 0 Å². The van der Waals surface area contributed by atoms with Gasteiger partial charge in [-0.3, -0.25) is 10.5 Å². The Morgan fingerprint density at radius 1 is 1.06 bits per heavy atom. The van der Waals surface area contributed by atoms with Crippen LogP contribution in [0.15, 0.2) is 54.6 Å². The first-order valence-corrected chi connectivity index (χ1v) is 5.77. The summed E-state index contributed by atoms with van der Waals surface area (Å²) in [5, 5.41) is 10.7. The summed E-state index contributed by atoms with van der Waals surface area (Å²) in [4.78, 5) is 12.1. The summed E-state index contributed by atoms with van der Waals surface area (Å²) in [6.07, 6.45) is 0. The molecule has 4 heteroatoms. The molecule has 3 nitrogen and oxygen atoms in total. The van der Waals surface area contributed by atoms with E-state index in [-0.39, 0.29) is 0 Å². The van der Waals surface area contributed by atoms with E-state index in [1.54, 1.807) is 42.5 Å². The average molecular weight is 262 g/mol. The van der Waals surface area contributed by atoms with E-state index < -0.39 is 11.5 Å². The zero-order chi connectivity index (χ0) is 13.2. The average Bonchev–Trinajstić information content (AvgIpc) is 2.39. The topological polar surface area (TPSA) is 63.3 Å². The van der Waals surface area contributed by atoms with Crippen LogP contribution in [-0.4, -0.2) is 10.9 Å². The first-order chi connectivity index (χ1) is 8.51. The van der Waals surface area contributed by atoms with Crippen LogP contribution in [0.2, 0.25) is 5.02 Å². The molecular formula is C14H12ClNO2. The minimum Gasteiger partial charge on any atom is -0.365 e. The van der Waals surface area contributed by atoms with Gasteiger partial charge in [-0.25, -0.2) is 0 Å². The third-order valence-corrected chi connectivity index (χ3v) is 2.92. The van der Waals surface area contributed by atoms with Crippen molar-refractivity contribution in [1.29, 1.82) is 0 Å². The third kappa shape index (κ3) is 2.43. The molecule has 0 aliphatic rings. The lowest BCUT2D eigenvalue weighted by molar-refractivity contribution is 0.0331. The smallest absolute Gasteiger partial charge is 0.213 e. The summed E-state index contributed by atoms with van der Waals surface area (Å²) in [7, 11) is 0. The van der Waals surface area contributed by atoms with E-state index >= 15 is 0 Å². The largest absolute Gasteiger partial charge is 0.365 e. The van der Waals surface area contributed by atoms with Crippen molar-refractivity contribution in [3.8, 4) is 0 Å². The van der Waals surface area contributed by atoms with Gasteiger partial charge in [0, 0.05) is 16.1 Å². The minimum atomic E-state index is -2.05. The zero-order valence-corrected chi connectivity index (χ0v) is 10.3. The molecule has 0 aliphatic heterocycles. The molecule has 0 spiro atoms. The molecule has 0 saturated carbocycles. The highest BCUT2D eigenvalue weighted by Gasteiger charge is 2.33. The molecule has 0 saturated heterocycles. The minimum absolute atomic E-state index is 0.306. The molecule has 0 aromatic heterocycles. The summed E-state index contributed by atoms with van der Waals surface area (Å²) in [6.45, 7) is 0. The summed E-state index contributed by atoms with van der Waals surface area (Å²) in [5.41, 5.74) is 4.34. The fraction of sp³-hybridized carbons (Fsp3) is 0.0714. The number of ketones is 1. The number of carbonyl (C=O) groups excluding carboxylic acids is 1. The van der Waals surface area contributed by atoms with E-state index in [9.17, 15) is 9.90 Å². The SMILES string of the molecule is NC(O)(C(=O)c1ccccc1)c1ccc(Cl)cc1. The lowest BCUT2D eigenvalue weighted by atomic mass is 9.94. The number of hydrogen-bond donors (Lipinski definition) is 2. The van der Waals surface area contributed by atoms with Crippen LogP contribution in [0.3, 0.4) is 0 Å². The second-order valence-corrected chi connectivity index (χ2v) is 4.40. The first-order valence-electron chi connectivity index (χ1n) is 5.39. The molecule has 0 aliphatic carbocycles. The van der Waals surface area contributed by atoms with E-state index in [1.807, 2.05) is 0 Å². The Bertz CT molecular complexity index is 550. The lowest BCUT2D eigenvalue weighted by Crippen LogP contribution is -2.44. The predicted molar refractivity (Wildman–Crippen MR) is 70.3 cm³/mol. The maximum Gasteiger partial charge on any atom is 0.213 e. The van der Waals surface area contributed by atoms with E-state index in [4.69, 9.17) is 17.3 Å². The van der Waals surface area contributed by atoms with Crippen molar-refractivity contribution >= 4 is 17.4 Å². The van der Waals surface area contributed by atoms with Crippen molar-refractivity contribution in [2.24, 2.45) is 5.73 Å². The third-order valence-electron chi connectivity index (χ3n) is 2.67. The van der Waals surface area contributed by atoms with Crippen molar-refractivity contribution < 1.29 is 9.90 Å². The quantitative estimate of drug-likeness (QED) is 0.658. The lowest BCUT2D eigenvalue weighted by Gasteiger charge is -2.22. The monoisotopic (exact) mass is 261 g/mol. The van der Waals surface area contributed by atoms with Crippen LogP contribution >= 0.6 is 11.6 Å². The summed E-state index contributed by atoms with van der Waals surface area (Å²) >= 11 is 5.75. The highest BCUT2D eigenvalue weighted by molar-refractivity contribution is 6.30. The molecule has 0 amide bonds. The molecule has 2 aromatic rings. The van der Waals surface area contributed by atoms with Gasteiger partial charge in [-0.15, -0.1) is 0 Å². The molecule has 2 rings (SSSR count). The van der Waals surface area contributed by atoms with E-state index in [0.717, 1.165) is 0 Å². The second-order valence-electron chi connectivity index (χ2n) is 3.97. The Morgan fingerprint density at radius 3 is 2.17 bits per heavy atom. The van der Waals surface area contributed by atoms with Crippen molar-refractivity contribution in [3.05, 3.63) is 70.7 Å². The van der Waals surface area contributed by atoms with Crippen LogP contribution in [0.1, 0.15) is 15.9 Å². The number of nitrogens with two attached hydrogens (primary N) is 1. The molecule has 0 heterocycles. The number of rotatable bonds is 3. The van der Waals surface area contributed by atoms with Gasteiger partial charge in [0.15, 0.2) is 0 Å². The molecule has 0 bridgehead atoms. The van der Waals surface area contributed by atoms with Gasteiger partial charge in [-0.2, -0.15) is 0 Å². The Balaban J connectivity index is 2.37. The number of halogens is 1. The highest BCUT2D eigenvalue weighted by atomic mass is 35.5. The van der Waals surface area contributed by atoms with Gasteiger partial charge >= 0.3 is 0 Å². The van der Waals surface area contributed by atoms with Gasteiger partial charge in [0.1, 0.15) is 0 Å². The molecule has 0 radical (unpaired) electrons. The van der Waals surface area contributed by atoms with E-state index in [2.05, 4.69) is 0 Å². The van der Waals surface area contributed by atoms with E-state index in [1.165, 1.54) is 12.1 Å². The summed E-state index contributed by atoms with van der Waals surface area (Å²) in [6, 6.07) is 14.6. The predicted octanol–water partition coefficient (Wildman–Crippen LogP) is 2.33. The Morgan fingerprint density at radius 2 is 1.61 bits per heavy atom.